The number of hydrogen-bond donors (Lipinski definition) is 1. The highest BCUT2D eigenvalue weighted by atomic mass is 19.4. The zero-order valence-corrected chi connectivity index (χ0v) is 19.4. The third kappa shape index (κ3) is 7.19. The first-order chi connectivity index (χ1) is 15.9. The molecule has 10 nitrogen and oxygen atoms in total. The number of nitrogens with zero attached hydrogens (tertiary/aromatic N) is 5. The van der Waals surface area contributed by atoms with Crippen molar-refractivity contribution < 1.29 is 32.3 Å². The molecule has 0 radical (unpaired) electrons. The number of anilines is 1. The van der Waals surface area contributed by atoms with Crippen LogP contribution >= 0.6 is 0 Å². The smallest absolute Gasteiger partial charge is 0.419 e. The van der Waals surface area contributed by atoms with Gasteiger partial charge >= 0.3 is 12.3 Å². The van der Waals surface area contributed by atoms with Gasteiger partial charge in [-0.2, -0.15) is 13.2 Å². The largest absolute Gasteiger partial charge is 0.444 e. The van der Waals surface area contributed by atoms with Crippen molar-refractivity contribution in [3.05, 3.63) is 18.0 Å². The number of rotatable bonds is 5. The van der Waals surface area contributed by atoms with Crippen LogP contribution in [0.1, 0.15) is 45.6 Å². The van der Waals surface area contributed by atoms with Crippen LogP contribution in [0.25, 0.3) is 0 Å². The lowest BCUT2D eigenvalue weighted by Crippen LogP contribution is -2.50. The van der Waals surface area contributed by atoms with E-state index in [-0.39, 0.29) is 24.5 Å². The summed E-state index contributed by atoms with van der Waals surface area (Å²) in [6.07, 6.45) is -1.31. The molecule has 0 unspecified atom stereocenters. The summed E-state index contributed by atoms with van der Waals surface area (Å²) in [6, 6.07) is -0.294. The Balaban J connectivity index is 1.43. The maximum absolute atomic E-state index is 12.7. The molecule has 1 atom stereocenters. The van der Waals surface area contributed by atoms with E-state index in [1.807, 2.05) is 0 Å². The van der Waals surface area contributed by atoms with E-state index in [0.717, 1.165) is 18.8 Å². The monoisotopic (exact) mass is 486 g/mol. The van der Waals surface area contributed by atoms with Crippen LogP contribution in [-0.2, 0) is 20.5 Å². The Hall–Kier alpha value is -3.12. The molecule has 2 amide bonds. The molecule has 13 heteroatoms. The molecule has 2 heterocycles. The topological polar surface area (TPSA) is 109 Å². The highest BCUT2D eigenvalue weighted by Crippen LogP contribution is 2.28. The van der Waals surface area contributed by atoms with Crippen molar-refractivity contribution in [1.29, 1.82) is 0 Å². The number of hydrogen-bond acceptors (Lipinski definition) is 8. The van der Waals surface area contributed by atoms with E-state index in [4.69, 9.17) is 9.57 Å². The number of nitrogens with one attached hydrogen (secondary N) is 1. The van der Waals surface area contributed by atoms with Gasteiger partial charge in [0.25, 0.3) is 5.91 Å². The fraction of sp³-hybridized carbons (Fsp3) is 0.667. The molecule has 1 aliphatic heterocycles. The second-order valence-corrected chi connectivity index (χ2v) is 9.08. The number of piperazine rings is 1. The predicted molar refractivity (Wildman–Crippen MR) is 116 cm³/mol. The number of carbonyl (C=O) groups excluding carboxylic acids is 2. The van der Waals surface area contributed by atoms with E-state index in [0.29, 0.717) is 44.7 Å². The van der Waals surface area contributed by atoms with Gasteiger partial charge in [0.05, 0.1) is 17.3 Å². The third-order valence-corrected chi connectivity index (χ3v) is 5.27. The number of alkyl halides is 3. The van der Waals surface area contributed by atoms with Gasteiger partial charge in [0, 0.05) is 38.6 Å². The van der Waals surface area contributed by atoms with Crippen molar-refractivity contribution in [2.75, 3.05) is 37.7 Å². The van der Waals surface area contributed by atoms with Crippen LogP contribution in [0.15, 0.2) is 17.5 Å². The summed E-state index contributed by atoms with van der Waals surface area (Å²) in [5.74, 6) is -0.0699. The summed E-state index contributed by atoms with van der Waals surface area (Å²) >= 11 is 0. The van der Waals surface area contributed by atoms with Crippen LogP contribution in [0.3, 0.4) is 0 Å². The molecule has 1 saturated heterocycles. The molecule has 188 valence electrons. The number of carbonyl (C=O) groups is 2. The average molecular weight is 486 g/mol. The summed E-state index contributed by atoms with van der Waals surface area (Å²) in [4.78, 5) is 40.6. The molecule has 1 saturated carbocycles. The van der Waals surface area contributed by atoms with Crippen LogP contribution < -0.4 is 10.2 Å². The Kier molecular flexibility index (Phi) is 7.82. The lowest BCUT2D eigenvalue weighted by atomic mass is 10.2. The van der Waals surface area contributed by atoms with Crippen molar-refractivity contribution in [2.45, 2.75) is 57.9 Å². The number of amides is 2. The van der Waals surface area contributed by atoms with Gasteiger partial charge in [-0.05, 0) is 40.0 Å². The van der Waals surface area contributed by atoms with Gasteiger partial charge in [-0.15, -0.1) is 0 Å². The molecule has 2 aliphatic rings. The second-order valence-electron chi connectivity index (χ2n) is 9.08. The summed E-state index contributed by atoms with van der Waals surface area (Å²) in [6.45, 7) is 6.56. The van der Waals surface area contributed by atoms with Gasteiger partial charge in [-0.1, -0.05) is 5.16 Å². The van der Waals surface area contributed by atoms with E-state index >= 15 is 0 Å². The first-order valence-electron chi connectivity index (χ1n) is 11.0. The van der Waals surface area contributed by atoms with Crippen LogP contribution in [0.5, 0.6) is 0 Å². The molecule has 3 rings (SSSR count). The molecule has 0 bridgehead atoms. The minimum Gasteiger partial charge on any atom is -0.444 e. The fourth-order valence-corrected chi connectivity index (χ4v) is 3.59. The lowest BCUT2D eigenvalue weighted by molar-refractivity contribution is -0.138. The van der Waals surface area contributed by atoms with Crippen molar-refractivity contribution in [3.63, 3.8) is 0 Å². The lowest BCUT2D eigenvalue weighted by Gasteiger charge is -2.34. The van der Waals surface area contributed by atoms with E-state index in [1.54, 1.807) is 30.6 Å². The van der Waals surface area contributed by atoms with E-state index in [9.17, 15) is 22.8 Å². The van der Waals surface area contributed by atoms with Gasteiger partial charge < -0.3 is 24.7 Å². The van der Waals surface area contributed by atoms with Crippen LogP contribution in [0.4, 0.5) is 23.9 Å². The minimum absolute atomic E-state index is 0.188. The van der Waals surface area contributed by atoms with Crippen LogP contribution in [-0.4, -0.2) is 77.0 Å². The average Bonchev–Trinajstić information content (AvgIpc) is 3.18. The molecule has 2 fully saturated rings. The molecular weight excluding hydrogens is 457 g/mol. The number of ether oxygens (including phenoxy) is 1. The Morgan fingerprint density at radius 3 is 2.38 bits per heavy atom. The first kappa shape index (κ1) is 25.5. The zero-order valence-electron chi connectivity index (χ0n) is 19.4. The number of aromatic nitrogens is 2. The van der Waals surface area contributed by atoms with Crippen LogP contribution in [0.2, 0.25) is 0 Å². The van der Waals surface area contributed by atoms with Crippen molar-refractivity contribution >= 4 is 23.7 Å². The predicted octanol–water partition coefficient (Wildman–Crippen LogP) is 2.59. The molecule has 1 aliphatic carbocycles. The third-order valence-electron chi connectivity index (χ3n) is 5.27. The Bertz CT molecular complexity index is 893. The summed E-state index contributed by atoms with van der Waals surface area (Å²) in [5.41, 5.74) is -0.858. The van der Waals surface area contributed by atoms with Gasteiger partial charge in [-0.25, -0.2) is 14.8 Å². The van der Waals surface area contributed by atoms with Gasteiger partial charge in [0.1, 0.15) is 5.60 Å². The molecule has 0 spiro atoms. The number of oxime groups is 1. The second kappa shape index (κ2) is 10.4. The Morgan fingerprint density at radius 1 is 1.15 bits per heavy atom. The Morgan fingerprint density at radius 2 is 1.79 bits per heavy atom. The standard InChI is InChI=1S/C21H29F3N6O4/c1-20(2,3)34-19(32)27-15-5-4-6-16(15)28-33-13-17(31)29-7-9-30(10-8-29)18-25-11-14(12-26-18)21(22,23)24/h11-12,15H,4-10,13H2,1-3H3,(H,27,32)/b28-16+/t15-/m0/s1. The van der Waals surface area contributed by atoms with E-state index in [2.05, 4.69) is 20.4 Å². The Labute approximate surface area is 195 Å². The quantitative estimate of drug-likeness (QED) is 0.637. The molecule has 1 aromatic rings. The minimum atomic E-state index is -4.49. The SMILES string of the molecule is CC(C)(C)OC(=O)N[C@H]1CCC/C1=N\OCC(=O)N1CCN(c2ncc(C(F)(F)F)cn2)CC1. The normalized spacial score (nSPS) is 20.4. The number of alkyl carbamates (subject to hydrolysis) is 1. The fourth-order valence-electron chi connectivity index (χ4n) is 3.59. The van der Waals surface area contributed by atoms with Crippen molar-refractivity contribution in [1.82, 2.24) is 20.2 Å². The zero-order chi connectivity index (χ0) is 24.9. The van der Waals surface area contributed by atoms with Gasteiger partial charge in [-0.3, -0.25) is 4.79 Å². The maximum atomic E-state index is 12.7. The molecule has 1 N–H and O–H groups in total. The van der Waals surface area contributed by atoms with E-state index in [1.165, 1.54) is 0 Å². The van der Waals surface area contributed by atoms with Crippen molar-refractivity contribution in [2.24, 2.45) is 5.16 Å². The van der Waals surface area contributed by atoms with Gasteiger partial charge in [0.2, 0.25) is 5.95 Å². The number of halogens is 3. The summed E-state index contributed by atoms with van der Waals surface area (Å²) < 4.78 is 43.2. The van der Waals surface area contributed by atoms with E-state index < -0.39 is 23.4 Å². The molecule has 1 aromatic heterocycles. The highest BCUT2D eigenvalue weighted by molar-refractivity contribution is 5.93. The first-order valence-corrected chi connectivity index (χ1v) is 11.0. The summed E-state index contributed by atoms with van der Waals surface area (Å²) in [7, 11) is 0. The van der Waals surface area contributed by atoms with Crippen molar-refractivity contribution in [3.8, 4) is 0 Å². The maximum Gasteiger partial charge on any atom is 0.419 e. The molecule has 0 aromatic carbocycles. The molecule has 34 heavy (non-hydrogen) atoms. The highest BCUT2D eigenvalue weighted by Gasteiger charge is 2.32. The van der Waals surface area contributed by atoms with Crippen LogP contribution in [0, 0.1) is 0 Å². The molecular formula is C21H29F3N6O4. The van der Waals surface area contributed by atoms with Gasteiger partial charge in [0.15, 0.2) is 6.61 Å². The summed E-state index contributed by atoms with van der Waals surface area (Å²) in [5, 5.41) is 6.83.